The molecule has 3 rings (SSSR count). The number of nitrogens with two attached hydrogens (primary N) is 2. The van der Waals surface area contributed by atoms with Crippen LogP contribution >= 0.6 is 0 Å². The van der Waals surface area contributed by atoms with Gasteiger partial charge in [0.25, 0.3) is 0 Å². The summed E-state index contributed by atoms with van der Waals surface area (Å²) in [4.78, 5) is 11.5. The van der Waals surface area contributed by atoms with Gasteiger partial charge in [-0.3, -0.25) is 4.79 Å². The van der Waals surface area contributed by atoms with E-state index in [1.165, 1.54) is 36.8 Å². The van der Waals surface area contributed by atoms with Gasteiger partial charge in [0, 0.05) is 17.0 Å². The molecular formula is C17H24N2O. The molecule has 2 aliphatic rings. The van der Waals surface area contributed by atoms with E-state index in [4.69, 9.17) is 11.5 Å². The maximum atomic E-state index is 11.5. The second-order valence-corrected chi connectivity index (χ2v) is 6.74. The van der Waals surface area contributed by atoms with Gasteiger partial charge in [-0.2, -0.15) is 0 Å². The zero-order valence-electron chi connectivity index (χ0n) is 12.2. The Morgan fingerprint density at radius 3 is 2.85 bits per heavy atom. The Morgan fingerprint density at radius 2 is 2.10 bits per heavy atom. The van der Waals surface area contributed by atoms with Gasteiger partial charge in [0.2, 0.25) is 5.91 Å². The largest absolute Gasteiger partial charge is 0.366 e. The Kier molecular flexibility index (Phi) is 3.33. The second kappa shape index (κ2) is 4.88. The van der Waals surface area contributed by atoms with E-state index < -0.39 is 0 Å². The first-order valence-electron chi connectivity index (χ1n) is 7.71. The smallest absolute Gasteiger partial charge is 0.248 e. The Labute approximate surface area is 120 Å². The molecule has 0 aromatic heterocycles. The summed E-state index contributed by atoms with van der Waals surface area (Å²) in [5.41, 5.74) is 15.3. The summed E-state index contributed by atoms with van der Waals surface area (Å²) in [7, 11) is 0. The van der Waals surface area contributed by atoms with Crippen LogP contribution in [-0.4, -0.2) is 11.9 Å². The molecule has 0 aliphatic heterocycles. The minimum atomic E-state index is -0.349. The van der Waals surface area contributed by atoms with E-state index in [2.05, 4.69) is 13.0 Å². The molecule has 0 spiro atoms. The Hall–Kier alpha value is -1.35. The van der Waals surface area contributed by atoms with Gasteiger partial charge in [0.15, 0.2) is 0 Å². The molecule has 1 fully saturated rings. The van der Waals surface area contributed by atoms with E-state index in [0.29, 0.717) is 11.5 Å². The maximum Gasteiger partial charge on any atom is 0.248 e. The topological polar surface area (TPSA) is 69.1 Å². The Balaban J connectivity index is 2.11. The lowest BCUT2D eigenvalue weighted by molar-refractivity contribution is 0.1000. The highest BCUT2D eigenvalue weighted by Gasteiger charge is 2.43. The van der Waals surface area contributed by atoms with Crippen LogP contribution < -0.4 is 11.5 Å². The summed E-state index contributed by atoms with van der Waals surface area (Å²) < 4.78 is 0. The van der Waals surface area contributed by atoms with E-state index in [0.717, 1.165) is 12.8 Å². The lowest BCUT2D eigenvalue weighted by atomic mass is 9.60. The van der Waals surface area contributed by atoms with Crippen molar-refractivity contribution in [2.24, 2.45) is 17.4 Å². The minimum Gasteiger partial charge on any atom is -0.366 e. The number of amides is 1. The molecule has 3 nitrogen and oxygen atoms in total. The van der Waals surface area contributed by atoms with Crippen molar-refractivity contribution in [3.8, 4) is 0 Å². The van der Waals surface area contributed by atoms with Crippen molar-refractivity contribution in [3.63, 3.8) is 0 Å². The van der Waals surface area contributed by atoms with Gasteiger partial charge >= 0.3 is 0 Å². The molecule has 0 radical (unpaired) electrons. The first kappa shape index (κ1) is 13.6. The van der Waals surface area contributed by atoms with Crippen molar-refractivity contribution >= 4 is 5.91 Å². The molecule has 1 aromatic carbocycles. The number of carbonyl (C=O) groups excluding carboxylic acids is 1. The van der Waals surface area contributed by atoms with Crippen LogP contribution in [0.3, 0.4) is 0 Å². The predicted octanol–water partition coefficient (Wildman–Crippen LogP) is 2.51. The maximum absolute atomic E-state index is 11.5. The number of fused-ring (bicyclic) bond motifs is 4. The van der Waals surface area contributed by atoms with E-state index in [1.54, 1.807) is 0 Å². The van der Waals surface area contributed by atoms with Crippen LogP contribution in [0.2, 0.25) is 0 Å². The first-order valence-corrected chi connectivity index (χ1v) is 7.71. The predicted molar refractivity (Wildman–Crippen MR) is 80.6 cm³/mol. The Bertz CT molecular complexity index is 540. The number of benzene rings is 1. The van der Waals surface area contributed by atoms with Gasteiger partial charge in [-0.1, -0.05) is 32.3 Å². The highest BCUT2D eigenvalue weighted by Crippen LogP contribution is 2.45. The molecule has 0 saturated heterocycles. The standard InChI is InChI=1S/C17H24N2O/c1-17-8-4-2-3-5-12(15(17)18)9-11-6-7-13(16(19)20)10-14(11)17/h6-7,10,12,15H,2-5,8-9,18H2,1H3,(H2,19,20)/t12?,15?,17-/m1/s1. The van der Waals surface area contributed by atoms with Crippen molar-refractivity contribution in [1.82, 2.24) is 0 Å². The molecule has 108 valence electrons. The first-order chi connectivity index (χ1) is 9.52. The highest BCUT2D eigenvalue weighted by atomic mass is 16.1. The van der Waals surface area contributed by atoms with Crippen molar-refractivity contribution in [2.75, 3.05) is 0 Å². The van der Waals surface area contributed by atoms with Gasteiger partial charge in [-0.25, -0.2) is 0 Å². The third-order valence-electron chi connectivity index (χ3n) is 5.51. The van der Waals surface area contributed by atoms with Crippen molar-refractivity contribution in [1.29, 1.82) is 0 Å². The quantitative estimate of drug-likeness (QED) is 0.824. The molecule has 1 amide bonds. The van der Waals surface area contributed by atoms with E-state index in [-0.39, 0.29) is 17.4 Å². The molecular weight excluding hydrogens is 248 g/mol. The molecule has 1 aromatic rings. The fraction of sp³-hybridized carbons (Fsp3) is 0.588. The molecule has 20 heavy (non-hydrogen) atoms. The molecule has 2 bridgehead atoms. The van der Waals surface area contributed by atoms with Crippen molar-refractivity contribution in [3.05, 3.63) is 34.9 Å². The monoisotopic (exact) mass is 272 g/mol. The fourth-order valence-electron chi connectivity index (χ4n) is 4.21. The number of hydrogen-bond acceptors (Lipinski definition) is 2. The molecule has 3 atom stereocenters. The molecule has 3 heteroatoms. The van der Waals surface area contributed by atoms with Gasteiger partial charge in [0.1, 0.15) is 0 Å². The number of carbonyl (C=O) groups is 1. The summed E-state index contributed by atoms with van der Waals surface area (Å²) in [6, 6.07) is 6.14. The SMILES string of the molecule is C[C@@]12CCCCCC(Cc3ccc(C(N)=O)cc31)C2N. The number of primary amides is 1. The average Bonchev–Trinajstić information content (AvgIpc) is 2.43. The summed E-state index contributed by atoms with van der Waals surface area (Å²) in [5, 5.41) is 0. The fourth-order valence-corrected chi connectivity index (χ4v) is 4.21. The van der Waals surface area contributed by atoms with Crippen LogP contribution in [-0.2, 0) is 11.8 Å². The van der Waals surface area contributed by atoms with E-state index in [9.17, 15) is 4.79 Å². The highest BCUT2D eigenvalue weighted by molar-refractivity contribution is 5.93. The molecule has 2 aliphatic carbocycles. The summed E-state index contributed by atoms with van der Waals surface area (Å²) in [5.74, 6) is 0.227. The van der Waals surface area contributed by atoms with Crippen LogP contribution in [0.1, 0.15) is 60.5 Å². The van der Waals surface area contributed by atoms with Crippen LogP contribution in [0.5, 0.6) is 0 Å². The van der Waals surface area contributed by atoms with Crippen molar-refractivity contribution in [2.45, 2.75) is 56.9 Å². The average molecular weight is 272 g/mol. The lowest BCUT2D eigenvalue weighted by Gasteiger charge is -2.47. The molecule has 4 N–H and O–H groups in total. The van der Waals surface area contributed by atoms with Crippen LogP contribution in [0.4, 0.5) is 0 Å². The molecule has 1 saturated carbocycles. The van der Waals surface area contributed by atoms with E-state index >= 15 is 0 Å². The van der Waals surface area contributed by atoms with Crippen LogP contribution in [0.25, 0.3) is 0 Å². The van der Waals surface area contributed by atoms with Gasteiger partial charge in [-0.15, -0.1) is 0 Å². The molecule has 2 unspecified atom stereocenters. The van der Waals surface area contributed by atoms with Crippen LogP contribution in [0.15, 0.2) is 18.2 Å². The minimum absolute atomic E-state index is 0.00979. The van der Waals surface area contributed by atoms with Gasteiger partial charge in [0.05, 0.1) is 0 Å². The zero-order chi connectivity index (χ0) is 14.3. The van der Waals surface area contributed by atoms with Crippen LogP contribution in [0, 0.1) is 5.92 Å². The summed E-state index contributed by atoms with van der Waals surface area (Å²) >= 11 is 0. The molecule has 0 heterocycles. The third-order valence-corrected chi connectivity index (χ3v) is 5.51. The lowest BCUT2D eigenvalue weighted by Crippen LogP contribution is -2.52. The third kappa shape index (κ3) is 2.05. The summed E-state index contributed by atoms with van der Waals surface area (Å²) in [6.45, 7) is 2.28. The normalized spacial score (nSPS) is 32.9. The zero-order valence-corrected chi connectivity index (χ0v) is 12.2. The Morgan fingerprint density at radius 1 is 1.30 bits per heavy atom. The summed E-state index contributed by atoms with van der Waals surface area (Å²) in [6.07, 6.45) is 7.20. The second-order valence-electron chi connectivity index (χ2n) is 6.74. The number of hydrogen-bond donors (Lipinski definition) is 2. The van der Waals surface area contributed by atoms with Gasteiger partial charge in [-0.05, 0) is 48.4 Å². The van der Waals surface area contributed by atoms with E-state index in [1.807, 2.05) is 12.1 Å². The number of rotatable bonds is 1. The van der Waals surface area contributed by atoms with Gasteiger partial charge < -0.3 is 11.5 Å². The van der Waals surface area contributed by atoms with Crippen molar-refractivity contribution < 1.29 is 4.79 Å².